The smallest absolute Gasteiger partial charge is 0.222 e. The van der Waals surface area contributed by atoms with Gasteiger partial charge in [-0.2, -0.15) is 0 Å². The van der Waals surface area contributed by atoms with Crippen molar-refractivity contribution in [3.05, 3.63) is 0 Å². The summed E-state index contributed by atoms with van der Waals surface area (Å²) in [5.74, 6) is -0.0358. The van der Waals surface area contributed by atoms with Gasteiger partial charge >= 0.3 is 0 Å². The molecule has 0 aromatic carbocycles. The lowest BCUT2D eigenvalue weighted by Gasteiger charge is -2.40. The van der Waals surface area contributed by atoms with E-state index in [1.807, 2.05) is 0 Å². The fourth-order valence-electron chi connectivity index (χ4n) is 7.67. The summed E-state index contributed by atoms with van der Waals surface area (Å²) in [5, 5.41) is 43.6. The van der Waals surface area contributed by atoms with Crippen molar-refractivity contribution in [2.45, 2.75) is 256 Å². The molecule has 1 heterocycles. The van der Waals surface area contributed by atoms with Crippen LogP contribution in [0.5, 0.6) is 0 Å². The molecule has 0 bridgehead atoms. The highest BCUT2D eigenvalue weighted by Gasteiger charge is 2.43. The molecular formula is C45H88N2O7. The number of ether oxygens (including phenoxy) is 1. The van der Waals surface area contributed by atoms with Gasteiger partial charge < -0.3 is 35.4 Å². The van der Waals surface area contributed by atoms with Gasteiger partial charge in [-0.05, 0) is 19.3 Å². The highest BCUT2D eigenvalue weighted by atomic mass is 16.6. The highest BCUT2D eigenvalue weighted by molar-refractivity contribution is 5.76. The Hall–Kier alpha value is -1.26. The van der Waals surface area contributed by atoms with E-state index in [1.54, 1.807) is 4.90 Å². The Kier molecular flexibility index (Phi) is 33.9. The Labute approximate surface area is 332 Å². The fraction of sp³-hybridized carbons (Fsp3) is 0.956. The van der Waals surface area contributed by atoms with Crippen molar-refractivity contribution >= 4 is 11.8 Å². The van der Waals surface area contributed by atoms with E-state index in [-0.39, 0.29) is 18.4 Å². The van der Waals surface area contributed by atoms with Gasteiger partial charge in [0.25, 0.3) is 0 Å². The van der Waals surface area contributed by atoms with Gasteiger partial charge in [0, 0.05) is 32.5 Å². The molecule has 0 aliphatic carbocycles. The summed E-state index contributed by atoms with van der Waals surface area (Å²) in [4.78, 5) is 27.4. The van der Waals surface area contributed by atoms with E-state index in [1.165, 1.54) is 161 Å². The van der Waals surface area contributed by atoms with Crippen molar-refractivity contribution in [2.24, 2.45) is 0 Å². The zero-order valence-corrected chi connectivity index (χ0v) is 35.3. The van der Waals surface area contributed by atoms with E-state index in [0.29, 0.717) is 32.4 Å². The molecule has 5 N–H and O–H groups in total. The average Bonchev–Trinajstić information content (AvgIpc) is 3.16. The molecule has 1 unspecified atom stereocenters. The van der Waals surface area contributed by atoms with Crippen LogP contribution in [0.3, 0.4) is 0 Å². The second-order valence-corrected chi connectivity index (χ2v) is 16.5. The number of nitrogens with zero attached hydrogens (tertiary/aromatic N) is 1. The minimum absolute atomic E-state index is 0.00729. The molecule has 1 rings (SSSR count). The van der Waals surface area contributed by atoms with Crippen molar-refractivity contribution < 1.29 is 34.8 Å². The van der Waals surface area contributed by atoms with Gasteiger partial charge in [-0.15, -0.1) is 0 Å². The molecule has 1 aliphatic rings. The molecule has 2 amide bonds. The molecule has 5 atom stereocenters. The highest BCUT2D eigenvalue weighted by Crippen LogP contribution is 2.22. The van der Waals surface area contributed by atoms with Crippen LogP contribution < -0.4 is 5.32 Å². The zero-order chi connectivity index (χ0) is 39.5. The van der Waals surface area contributed by atoms with E-state index < -0.39 is 30.7 Å². The molecule has 54 heavy (non-hydrogen) atoms. The number of hydrogen-bond acceptors (Lipinski definition) is 7. The lowest BCUT2D eigenvalue weighted by molar-refractivity contribution is -0.283. The Morgan fingerprint density at radius 2 is 0.852 bits per heavy atom. The summed E-state index contributed by atoms with van der Waals surface area (Å²) in [7, 11) is 0. The quantitative estimate of drug-likeness (QED) is 0.0394. The largest absolute Gasteiger partial charge is 0.388 e. The van der Waals surface area contributed by atoms with Gasteiger partial charge in [0.15, 0.2) is 6.29 Å². The van der Waals surface area contributed by atoms with Gasteiger partial charge in [0.2, 0.25) is 11.8 Å². The second kappa shape index (κ2) is 36.1. The molecule has 1 fully saturated rings. The van der Waals surface area contributed by atoms with Crippen molar-refractivity contribution in [3.63, 3.8) is 0 Å². The molecule has 0 aromatic heterocycles. The SMILES string of the molecule is CCCCCCCCCCCCCCCCCC(=O)NCCCN(C[C@H]1OC(O)[C@H](O)[C@@H](O)[C@H]1O)C(=O)CCCCCCCCCCCCCCCCC. The maximum Gasteiger partial charge on any atom is 0.222 e. The molecule has 0 saturated carbocycles. The van der Waals surface area contributed by atoms with Crippen LogP contribution in [0.2, 0.25) is 0 Å². The number of aliphatic hydroxyl groups is 4. The van der Waals surface area contributed by atoms with E-state index in [9.17, 15) is 30.0 Å². The average molecular weight is 769 g/mol. The van der Waals surface area contributed by atoms with Crippen molar-refractivity contribution in [1.82, 2.24) is 10.2 Å². The monoisotopic (exact) mass is 769 g/mol. The molecule has 1 aliphatic heterocycles. The number of amides is 2. The number of aliphatic hydroxyl groups excluding tert-OH is 4. The third-order valence-corrected chi connectivity index (χ3v) is 11.4. The molecule has 1 saturated heterocycles. The van der Waals surface area contributed by atoms with Crippen molar-refractivity contribution in [3.8, 4) is 0 Å². The summed E-state index contributed by atoms with van der Waals surface area (Å²) in [6.45, 7) is 5.32. The molecule has 320 valence electrons. The van der Waals surface area contributed by atoms with Gasteiger partial charge in [-0.3, -0.25) is 9.59 Å². The summed E-state index contributed by atoms with van der Waals surface area (Å²) in [6.07, 6.45) is 32.4. The Balaban J connectivity index is 2.23. The standard InChI is InChI=1S/C45H88N2O7/c1-3-5-7-9-11-13-15-17-19-21-23-25-27-29-31-34-40(48)46-36-33-37-47(38-39-42(50)43(51)44(52)45(53)54-39)41(49)35-32-30-28-26-24-22-20-18-16-14-12-10-8-6-4-2/h39,42-45,50-53H,3-38H2,1-2H3,(H,46,48)/t39-,42+,43+,44-,45?/m1/s1. The molecule has 9 heteroatoms. The lowest BCUT2D eigenvalue weighted by Crippen LogP contribution is -2.60. The third kappa shape index (κ3) is 27.4. The molecular weight excluding hydrogens is 681 g/mol. The van der Waals surface area contributed by atoms with Crippen LogP contribution in [0.1, 0.15) is 226 Å². The van der Waals surface area contributed by atoms with Crippen molar-refractivity contribution in [2.75, 3.05) is 19.6 Å². The van der Waals surface area contributed by atoms with E-state index in [2.05, 4.69) is 19.2 Å². The van der Waals surface area contributed by atoms with E-state index in [0.717, 1.165) is 32.1 Å². The summed E-state index contributed by atoms with van der Waals surface area (Å²) < 4.78 is 5.39. The van der Waals surface area contributed by atoms with Gasteiger partial charge in [-0.1, -0.05) is 194 Å². The summed E-state index contributed by atoms with van der Waals surface area (Å²) >= 11 is 0. The molecule has 9 nitrogen and oxygen atoms in total. The maximum atomic E-state index is 13.3. The number of nitrogens with one attached hydrogen (secondary N) is 1. The lowest BCUT2D eigenvalue weighted by atomic mass is 9.98. The van der Waals surface area contributed by atoms with Gasteiger partial charge in [0.05, 0.1) is 0 Å². The number of carbonyl (C=O) groups is 2. The topological polar surface area (TPSA) is 140 Å². The number of carbonyl (C=O) groups excluding carboxylic acids is 2. The minimum atomic E-state index is -1.64. The second-order valence-electron chi connectivity index (χ2n) is 16.5. The van der Waals surface area contributed by atoms with Crippen LogP contribution in [0.25, 0.3) is 0 Å². The molecule has 0 spiro atoms. The summed E-state index contributed by atoms with van der Waals surface area (Å²) in [5.41, 5.74) is 0. The predicted octanol–water partition coefficient (Wildman–Crippen LogP) is 9.64. The number of unbranched alkanes of at least 4 members (excludes halogenated alkanes) is 28. The van der Waals surface area contributed by atoms with Crippen LogP contribution in [0.4, 0.5) is 0 Å². The Morgan fingerprint density at radius 3 is 1.26 bits per heavy atom. The fourth-order valence-corrected chi connectivity index (χ4v) is 7.67. The zero-order valence-electron chi connectivity index (χ0n) is 35.3. The Morgan fingerprint density at radius 1 is 0.481 bits per heavy atom. The van der Waals surface area contributed by atoms with Crippen LogP contribution in [-0.4, -0.2) is 87.5 Å². The minimum Gasteiger partial charge on any atom is -0.388 e. The van der Waals surface area contributed by atoms with Crippen LogP contribution in [-0.2, 0) is 14.3 Å². The predicted molar refractivity (Wildman–Crippen MR) is 222 cm³/mol. The Bertz CT molecular complexity index is 862. The third-order valence-electron chi connectivity index (χ3n) is 11.4. The van der Waals surface area contributed by atoms with Crippen LogP contribution in [0.15, 0.2) is 0 Å². The van der Waals surface area contributed by atoms with E-state index >= 15 is 0 Å². The maximum absolute atomic E-state index is 13.3. The molecule has 0 radical (unpaired) electrons. The first-order valence-electron chi connectivity index (χ1n) is 23.2. The first-order valence-corrected chi connectivity index (χ1v) is 23.2. The summed E-state index contributed by atoms with van der Waals surface area (Å²) in [6, 6.07) is 0. The van der Waals surface area contributed by atoms with Crippen LogP contribution in [0, 0.1) is 0 Å². The first-order chi connectivity index (χ1) is 26.3. The van der Waals surface area contributed by atoms with Crippen LogP contribution >= 0.6 is 0 Å². The van der Waals surface area contributed by atoms with Gasteiger partial charge in [0.1, 0.15) is 24.4 Å². The number of rotatable bonds is 38. The number of hydrogen-bond donors (Lipinski definition) is 5. The first kappa shape index (κ1) is 50.8. The van der Waals surface area contributed by atoms with Gasteiger partial charge in [-0.25, -0.2) is 0 Å². The van der Waals surface area contributed by atoms with E-state index in [4.69, 9.17) is 4.74 Å². The normalized spacial score (nSPS) is 20.0. The molecule has 0 aromatic rings. The van der Waals surface area contributed by atoms with Crippen molar-refractivity contribution in [1.29, 1.82) is 0 Å².